The summed E-state index contributed by atoms with van der Waals surface area (Å²) in [5, 5.41) is 2.87. The van der Waals surface area contributed by atoms with Crippen molar-refractivity contribution >= 4 is 17.7 Å². The van der Waals surface area contributed by atoms with Crippen LogP contribution >= 0.6 is 0 Å². The predicted octanol–water partition coefficient (Wildman–Crippen LogP) is 3.30. The van der Waals surface area contributed by atoms with E-state index < -0.39 is 12.0 Å². The molecule has 2 unspecified atom stereocenters. The molecule has 0 radical (unpaired) electrons. The number of carbonyl (C=O) groups is 3. The van der Waals surface area contributed by atoms with Gasteiger partial charge in [0.15, 0.2) is 0 Å². The van der Waals surface area contributed by atoms with E-state index in [2.05, 4.69) is 5.32 Å². The summed E-state index contributed by atoms with van der Waals surface area (Å²) < 4.78 is 7.04. The molecular formula is C23H28N2O4. The van der Waals surface area contributed by atoms with Crippen LogP contribution in [-0.4, -0.2) is 34.9 Å². The minimum atomic E-state index is -0.656. The van der Waals surface area contributed by atoms with E-state index in [0.717, 1.165) is 5.69 Å². The molecule has 0 saturated heterocycles. The van der Waals surface area contributed by atoms with Gasteiger partial charge in [0, 0.05) is 17.8 Å². The number of carbonyl (C=O) groups excluding carboxylic acids is 3. The summed E-state index contributed by atoms with van der Waals surface area (Å²) in [6.07, 6.45) is 1.13. The van der Waals surface area contributed by atoms with Gasteiger partial charge in [0.1, 0.15) is 6.04 Å². The lowest BCUT2D eigenvalue weighted by molar-refractivity contribution is -0.148. The summed E-state index contributed by atoms with van der Waals surface area (Å²) >= 11 is 0. The average molecular weight is 396 g/mol. The van der Waals surface area contributed by atoms with Gasteiger partial charge in [-0.3, -0.25) is 9.59 Å². The number of benzene rings is 1. The third-order valence-corrected chi connectivity index (χ3v) is 5.19. The molecule has 1 aliphatic rings. The number of nitrogens with one attached hydrogen (secondary N) is 1. The number of nitrogens with zero attached hydrogens (tertiary/aromatic N) is 1. The van der Waals surface area contributed by atoms with Crippen LogP contribution in [0.15, 0.2) is 42.5 Å². The van der Waals surface area contributed by atoms with Crippen molar-refractivity contribution in [3.63, 3.8) is 0 Å². The van der Waals surface area contributed by atoms with Crippen molar-refractivity contribution in [1.82, 2.24) is 9.88 Å². The zero-order valence-electron chi connectivity index (χ0n) is 17.2. The summed E-state index contributed by atoms with van der Waals surface area (Å²) in [5.41, 5.74) is 2.03. The molecule has 0 fully saturated rings. The Balaban J connectivity index is 1.76. The van der Waals surface area contributed by atoms with E-state index in [-0.39, 0.29) is 30.1 Å². The number of fused-ring (bicyclic) bond motifs is 1. The molecular weight excluding hydrogens is 368 g/mol. The van der Waals surface area contributed by atoms with Crippen molar-refractivity contribution < 1.29 is 19.1 Å². The van der Waals surface area contributed by atoms with Crippen LogP contribution in [0, 0.1) is 5.92 Å². The van der Waals surface area contributed by atoms with Crippen LogP contribution in [0.25, 0.3) is 0 Å². The van der Waals surface area contributed by atoms with Crippen molar-refractivity contribution in [1.29, 1.82) is 0 Å². The molecule has 1 amide bonds. The maximum atomic E-state index is 12.9. The first-order valence-corrected chi connectivity index (χ1v) is 10.2. The summed E-state index contributed by atoms with van der Waals surface area (Å²) in [6.45, 7) is 6.63. The Bertz CT molecular complexity index is 886. The summed E-state index contributed by atoms with van der Waals surface area (Å²) in [6, 6.07) is 12.1. The minimum absolute atomic E-state index is 0.0536. The normalized spacial score (nSPS) is 16.3. The Labute approximate surface area is 171 Å². The molecule has 1 N–H and O–H groups in total. The number of amides is 1. The molecule has 6 nitrogen and oxygen atoms in total. The SMILES string of the molecule is CCOC(=O)C(CC(C)C)NC(=O)C1CCn2c(C(=O)c3ccccc3)ccc21. The fraction of sp³-hybridized carbons (Fsp3) is 0.435. The maximum Gasteiger partial charge on any atom is 0.328 e. The van der Waals surface area contributed by atoms with Crippen molar-refractivity contribution in [2.24, 2.45) is 5.92 Å². The van der Waals surface area contributed by atoms with Crippen LogP contribution in [-0.2, 0) is 20.9 Å². The van der Waals surface area contributed by atoms with Crippen LogP contribution in [0.2, 0.25) is 0 Å². The molecule has 1 aliphatic heterocycles. The highest BCUT2D eigenvalue weighted by Crippen LogP contribution is 2.31. The number of hydrogen-bond acceptors (Lipinski definition) is 4. The molecule has 3 rings (SSSR count). The third kappa shape index (κ3) is 4.58. The van der Waals surface area contributed by atoms with Gasteiger partial charge in [-0.25, -0.2) is 4.79 Å². The molecule has 2 aromatic rings. The number of aromatic nitrogens is 1. The van der Waals surface area contributed by atoms with Crippen molar-refractivity contribution in [3.05, 3.63) is 59.4 Å². The Hall–Kier alpha value is -2.89. The molecule has 0 bridgehead atoms. The number of ketones is 1. The zero-order chi connectivity index (χ0) is 21.0. The van der Waals surface area contributed by atoms with Crippen LogP contribution in [0.3, 0.4) is 0 Å². The molecule has 1 aromatic heterocycles. The minimum Gasteiger partial charge on any atom is -0.464 e. The van der Waals surface area contributed by atoms with Crippen molar-refractivity contribution in [2.75, 3.05) is 6.61 Å². The fourth-order valence-electron chi connectivity index (χ4n) is 3.84. The van der Waals surface area contributed by atoms with Crippen LogP contribution in [0.5, 0.6) is 0 Å². The second kappa shape index (κ2) is 9.07. The predicted molar refractivity (Wildman–Crippen MR) is 110 cm³/mol. The van der Waals surface area contributed by atoms with Gasteiger partial charge in [-0.15, -0.1) is 0 Å². The first kappa shape index (κ1) is 20.8. The largest absolute Gasteiger partial charge is 0.464 e. The van der Waals surface area contributed by atoms with E-state index >= 15 is 0 Å². The lowest BCUT2D eigenvalue weighted by atomic mass is 10.00. The van der Waals surface area contributed by atoms with Crippen LogP contribution in [0.4, 0.5) is 0 Å². The van der Waals surface area contributed by atoms with E-state index in [1.807, 2.05) is 42.7 Å². The molecule has 0 spiro atoms. The van der Waals surface area contributed by atoms with Gasteiger partial charge >= 0.3 is 5.97 Å². The Morgan fingerprint density at radius 1 is 1.14 bits per heavy atom. The quantitative estimate of drug-likeness (QED) is 0.549. The van der Waals surface area contributed by atoms with Gasteiger partial charge < -0.3 is 14.6 Å². The first-order valence-electron chi connectivity index (χ1n) is 10.2. The van der Waals surface area contributed by atoms with Gasteiger partial charge in [0.25, 0.3) is 0 Å². The topological polar surface area (TPSA) is 77.4 Å². The van der Waals surface area contributed by atoms with E-state index in [4.69, 9.17) is 4.74 Å². The van der Waals surface area contributed by atoms with Gasteiger partial charge in [0.05, 0.1) is 18.2 Å². The van der Waals surface area contributed by atoms with E-state index in [9.17, 15) is 14.4 Å². The van der Waals surface area contributed by atoms with E-state index in [1.54, 1.807) is 25.1 Å². The summed E-state index contributed by atoms with van der Waals surface area (Å²) in [5.74, 6) is -0.784. The fourth-order valence-corrected chi connectivity index (χ4v) is 3.84. The van der Waals surface area contributed by atoms with Gasteiger partial charge in [-0.05, 0) is 37.8 Å². The van der Waals surface area contributed by atoms with E-state index in [1.165, 1.54) is 0 Å². The van der Waals surface area contributed by atoms with Gasteiger partial charge in [-0.2, -0.15) is 0 Å². The number of rotatable bonds is 8. The van der Waals surface area contributed by atoms with Gasteiger partial charge in [0.2, 0.25) is 11.7 Å². The number of hydrogen-bond donors (Lipinski definition) is 1. The first-order chi connectivity index (χ1) is 13.9. The Kier molecular flexibility index (Phi) is 6.52. The van der Waals surface area contributed by atoms with Crippen LogP contribution in [0.1, 0.15) is 61.3 Å². The van der Waals surface area contributed by atoms with Crippen molar-refractivity contribution in [2.45, 2.75) is 52.1 Å². The molecule has 29 heavy (non-hydrogen) atoms. The maximum absolute atomic E-state index is 12.9. The van der Waals surface area contributed by atoms with E-state index in [0.29, 0.717) is 30.6 Å². The smallest absolute Gasteiger partial charge is 0.328 e. The Morgan fingerprint density at radius 2 is 1.86 bits per heavy atom. The molecule has 0 aliphatic carbocycles. The van der Waals surface area contributed by atoms with Crippen molar-refractivity contribution in [3.8, 4) is 0 Å². The standard InChI is InChI=1S/C23H28N2O4/c1-4-29-23(28)18(14-15(2)3)24-22(27)17-12-13-25-19(17)10-11-20(25)21(26)16-8-6-5-7-9-16/h5-11,15,17-18H,4,12-14H2,1-3H3,(H,24,27). The van der Waals surface area contributed by atoms with Crippen LogP contribution < -0.4 is 5.32 Å². The zero-order valence-corrected chi connectivity index (χ0v) is 17.2. The molecule has 0 saturated carbocycles. The van der Waals surface area contributed by atoms with Gasteiger partial charge in [-0.1, -0.05) is 44.2 Å². The summed E-state index contributed by atoms with van der Waals surface area (Å²) in [7, 11) is 0. The summed E-state index contributed by atoms with van der Waals surface area (Å²) in [4.78, 5) is 38.0. The highest BCUT2D eigenvalue weighted by atomic mass is 16.5. The molecule has 2 heterocycles. The lowest BCUT2D eigenvalue weighted by Gasteiger charge is -2.21. The highest BCUT2D eigenvalue weighted by molar-refractivity contribution is 6.08. The molecule has 6 heteroatoms. The highest BCUT2D eigenvalue weighted by Gasteiger charge is 2.34. The Morgan fingerprint density at radius 3 is 2.52 bits per heavy atom. The number of esters is 1. The monoisotopic (exact) mass is 396 g/mol. The average Bonchev–Trinajstić information content (AvgIpc) is 3.29. The lowest BCUT2D eigenvalue weighted by Crippen LogP contribution is -2.44. The second-order valence-electron chi connectivity index (χ2n) is 7.77. The number of ether oxygens (including phenoxy) is 1. The molecule has 1 aromatic carbocycles. The second-order valence-corrected chi connectivity index (χ2v) is 7.77. The molecule has 2 atom stereocenters. The molecule has 154 valence electrons. The third-order valence-electron chi connectivity index (χ3n) is 5.19.